The van der Waals surface area contributed by atoms with Gasteiger partial charge in [-0.1, -0.05) is 186 Å². The SMILES string of the molecule is CC(C)(C)c1cc(-c2cc(-c3ccccc3)ccn2)[c-]c(-c2cccc3c2nc(-c2cc(C(C)(C)C)cc(C(C)(C)C)c2O)n3-c2ccc(C(C)(C)C)cc2C2CC[Si](C)(C)CC2)c1.[Pt]. The van der Waals surface area contributed by atoms with Gasteiger partial charge in [0, 0.05) is 46.6 Å². The third-order valence-electron chi connectivity index (χ3n) is 13.8. The molecule has 0 radical (unpaired) electrons. The Balaban J connectivity index is 0.00000630. The van der Waals surface area contributed by atoms with Crippen LogP contribution in [0.5, 0.6) is 5.75 Å². The Kier molecular flexibility index (Phi) is 13.1. The Labute approximate surface area is 405 Å². The van der Waals surface area contributed by atoms with Crippen LogP contribution in [0, 0.1) is 6.07 Å². The molecule has 0 atom stereocenters. The molecular weight excluding hydrogens is 990 g/mol. The molecule has 6 heteroatoms. The molecular formula is C59H70N3OPtSi-. The van der Waals surface area contributed by atoms with Crippen LogP contribution >= 0.6 is 0 Å². The normalized spacial score (nSPS) is 15.0. The molecule has 8 rings (SSSR count). The third-order valence-corrected chi connectivity index (χ3v) is 17.1. The summed E-state index contributed by atoms with van der Waals surface area (Å²) >= 11 is 0. The van der Waals surface area contributed by atoms with E-state index in [-0.39, 0.29) is 42.7 Å². The first-order valence-corrected chi connectivity index (χ1v) is 27.0. The van der Waals surface area contributed by atoms with Crippen LogP contribution in [0.15, 0.2) is 109 Å². The van der Waals surface area contributed by atoms with Crippen LogP contribution in [-0.2, 0) is 42.7 Å². The number of fused-ring (bicyclic) bond motifs is 1. The van der Waals surface area contributed by atoms with Gasteiger partial charge >= 0.3 is 0 Å². The Morgan fingerprint density at radius 3 is 1.88 bits per heavy atom. The molecule has 0 amide bonds. The number of aromatic hydroxyl groups is 1. The molecule has 342 valence electrons. The summed E-state index contributed by atoms with van der Waals surface area (Å²) in [6.45, 7) is 32.2. The van der Waals surface area contributed by atoms with E-state index < -0.39 is 8.07 Å². The van der Waals surface area contributed by atoms with E-state index in [0.717, 1.165) is 67.2 Å². The number of para-hydroxylation sites is 1. The number of nitrogens with zero attached hydrogens (tertiary/aromatic N) is 3. The van der Waals surface area contributed by atoms with Gasteiger partial charge in [-0.25, -0.2) is 4.98 Å². The molecule has 1 aliphatic heterocycles. The van der Waals surface area contributed by atoms with Crippen molar-refractivity contribution < 1.29 is 26.2 Å². The van der Waals surface area contributed by atoms with Crippen LogP contribution in [0.4, 0.5) is 0 Å². The summed E-state index contributed by atoms with van der Waals surface area (Å²) < 4.78 is 2.39. The topological polar surface area (TPSA) is 50.9 Å². The number of benzene rings is 5. The maximum absolute atomic E-state index is 12.6. The van der Waals surface area contributed by atoms with Gasteiger partial charge in [0.1, 0.15) is 11.6 Å². The quantitative estimate of drug-likeness (QED) is 0.133. The van der Waals surface area contributed by atoms with Crippen LogP contribution < -0.4 is 0 Å². The molecule has 1 N–H and O–H groups in total. The van der Waals surface area contributed by atoms with E-state index >= 15 is 0 Å². The molecule has 65 heavy (non-hydrogen) atoms. The molecule has 0 spiro atoms. The first-order valence-electron chi connectivity index (χ1n) is 23.5. The standard InChI is InChI=1S/C59H70N3OSi.Pt/c1-56(2,3)43-23-24-51(47(35-43)39-26-29-64(13,14)30-27-39)62-52-22-18-21-46(53(52)61-55(62)48-36-45(58(7,8)9)37-49(54(48)63)59(10,11)12)41-31-42(33-44(32-41)57(4,5)6)50-34-40(25-28-60-50)38-19-16-15-17-20-38;/h15-25,28,32-37,39,63H,26-27,29-30H2,1-14H3;/q-1;. The maximum atomic E-state index is 12.6. The minimum Gasteiger partial charge on any atom is -0.507 e. The smallest absolute Gasteiger partial charge is 0.148 e. The Bertz CT molecular complexity index is 2850. The first kappa shape index (κ1) is 48.4. The second-order valence-electron chi connectivity index (χ2n) is 23.6. The van der Waals surface area contributed by atoms with E-state index in [4.69, 9.17) is 9.97 Å². The summed E-state index contributed by atoms with van der Waals surface area (Å²) in [6, 6.07) is 44.1. The maximum Gasteiger partial charge on any atom is 0.148 e. The summed E-state index contributed by atoms with van der Waals surface area (Å²) in [5.41, 5.74) is 15.3. The Morgan fingerprint density at radius 1 is 0.615 bits per heavy atom. The van der Waals surface area contributed by atoms with Crippen molar-refractivity contribution in [2.24, 2.45) is 0 Å². The monoisotopic (exact) mass is 1060 g/mol. The molecule has 1 aliphatic rings. The first-order chi connectivity index (χ1) is 29.9. The van der Waals surface area contributed by atoms with Gasteiger partial charge in [0.15, 0.2) is 0 Å². The second-order valence-corrected chi connectivity index (χ2v) is 28.9. The van der Waals surface area contributed by atoms with E-state index in [1.807, 2.05) is 6.20 Å². The van der Waals surface area contributed by atoms with Crippen molar-refractivity contribution in [1.29, 1.82) is 0 Å². The van der Waals surface area contributed by atoms with Gasteiger partial charge in [0.2, 0.25) is 0 Å². The van der Waals surface area contributed by atoms with Crippen LogP contribution in [0.1, 0.15) is 130 Å². The van der Waals surface area contributed by atoms with Gasteiger partial charge in [-0.15, -0.1) is 29.3 Å². The van der Waals surface area contributed by atoms with Crippen molar-refractivity contribution in [1.82, 2.24) is 14.5 Å². The molecule has 7 aromatic rings. The summed E-state index contributed by atoms with van der Waals surface area (Å²) in [5.74, 6) is 1.49. The van der Waals surface area contributed by atoms with Crippen molar-refractivity contribution in [2.75, 3.05) is 0 Å². The average molecular weight is 1060 g/mol. The molecule has 0 bridgehead atoms. The molecule has 0 unspecified atom stereocenters. The summed E-state index contributed by atoms with van der Waals surface area (Å²) in [4.78, 5) is 10.7. The molecule has 5 aromatic carbocycles. The van der Waals surface area contributed by atoms with Crippen molar-refractivity contribution in [3.8, 4) is 56.3 Å². The zero-order valence-electron chi connectivity index (χ0n) is 41.4. The average Bonchev–Trinajstić information content (AvgIpc) is 3.62. The van der Waals surface area contributed by atoms with Gasteiger partial charge in [-0.3, -0.25) is 9.55 Å². The van der Waals surface area contributed by atoms with E-state index in [2.05, 4.69) is 210 Å². The van der Waals surface area contributed by atoms with Crippen molar-refractivity contribution >= 4 is 19.1 Å². The minimum atomic E-state index is -1.24. The molecule has 1 saturated heterocycles. The zero-order valence-corrected chi connectivity index (χ0v) is 44.7. The fraction of sp³-hybridized carbons (Fsp3) is 0.390. The van der Waals surface area contributed by atoms with E-state index in [1.54, 1.807) is 0 Å². The minimum absolute atomic E-state index is 0. The number of phenolic OH excluding ortho intramolecular Hbond substituents is 1. The number of hydrogen-bond acceptors (Lipinski definition) is 3. The van der Waals surface area contributed by atoms with Gasteiger partial charge in [-0.05, 0) is 92.5 Å². The van der Waals surface area contributed by atoms with Crippen molar-refractivity contribution in [3.63, 3.8) is 0 Å². The third kappa shape index (κ3) is 9.94. The van der Waals surface area contributed by atoms with Gasteiger partial charge in [0.25, 0.3) is 0 Å². The largest absolute Gasteiger partial charge is 0.507 e. The Hall–Kier alpha value is -4.57. The number of phenols is 1. The molecule has 4 nitrogen and oxygen atoms in total. The number of imidazole rings is 1. The number of pyridine rings is 1. The summed E-state index contributed by atoms with van der Waals surface area (Å²) in [5, 5.41) is 12.6. The number of hydrogen-bond donors (Lipinski definition) is 1. The molecule has 0 aliphatic carbocycles. The van der Waals surface area contributed by atoms with E-state index in [9.17, 15) is 5.11 Å². The fourth-order valence-electron chi connectivity index (χ4n) is 9.49. The van der Waals surface area contributed by atoms with Gasteiger partial charge in [-0.2, -0.15) is 0 Å². The fourth-order valence-corrected chi connectivity index (χ4v) is 12.0. The van der Waals surface area contributed by atoms with Crippen LogP contribution in [0.25, 0.3) is 61.6 Å². The second kappa shape index (κ2) is 17.6. The predicted octanol–water partition coefficient (Wildman–Crippen LogP) is 16.4. The van der Waals surface area contributed by atoms with Gasteiger partial charge in [0.05, 0.1) is 22.3 Å². The predicted molar refractivity (Wildman–Crippen MR) is 275 cm³/mol. The molecule has 2 aromatic heterocycles. The van der Waals surface area contributed by atoms with Crippen molar-refractivity contribution in [3.05, 3.63) is 143 Å². The van der Waals surface area contributed by atoms with Crippen molar-refractivity contribution in [2.45, 2.75) is 149 Å². The van der Waals surface area contributed by atoms with Crippen LogP contribution in [-0.4, -0.2) is 27.7 Å². The van der Waals surface area contributed by atoms with Gasteiger partial charge < -0.3 is 5.11 Å². The summed E-state index contributed by atoms with van der Waals surface area (Å²) in [6.07, 6.45) is 4.30. The summed E-state index contributed by atoms with van der Waals surface area (Å²) in [7, 11) is -1.24. The van der Waals surface area contributed by atoms with E-state index in [0.29, 0.717) is 11.7 Å². The molecule has 0 saturated carbocycles. The van der Waals surface area contributed by atoms with Crippen LogP contribution in [0.2, 0.25) is 25.2 Å². The zero-order chi connectivity index (χ0) is 46.1. The molecule has 3 heterocycles. The molecule has 1 fully saturated rings. The van der Waals surface area contributed by atoms with E-state index in [1.165, 1.54) is 47.2 Å². The Morgan fingerprint density at radius 2 is 1.25 bits per heavy atom. The van der Waals surface area contributed by atoms with Crippen LogP contribution in [0.3, 0.4) is 0 Å². The number of rotatable bonds is 6. The number of aromatic nitrogens is 3.